The average molecular weight is 426 g/mol. The number of amides is 3. The summed E-state index contributed by atoms with van der Waals surface area (Å²) >= 11 is 0. The van der Waals surface area contributed by atoms with Gasteiger partial charge in [-0.15, -0.1) is 0 Å². The fourth-order valence-electron chi connectivity index (χ4n) is 3.96. The lowest BCUT2D eigenvalue weighted by molar-refractivity contribution is -0.120. The summed E-state index contributed by atoms with van der Waals surface area (Å²) in [6.45, 7) is -0.00921. The molecule has 0 spiro atoms. The van der Waals surface area contributed by atoms with Crippen LogP contribution in [0, 0.1) is 23.0 Å². The van der Waals surface area contributed by atoms with E-state index in [1.807, 2.05) is 6.07 Å². The van der Waals surface area contributed by atoms with Crippen molar-refractivity contribution >= 4 is 11.9 Å². The number of carbonyl (C=O) groups excluding carboxylic acids is 2. The molecule has 2 aliphatic rings. The quantitative estimate of drug-likeness (QED) is 0.683. The van der Waals surface area contributed by atoms with Crippen molar-refractivity contribution in [3.8, 4) is 11.8 Å². The Kier molecular flexibility index (Phi) is 5.23. The van der Waals surface area contributed by atoms with Crippen LogP contribution in [0.1, 0.15) is 35.4 Å². The molecule has 1 aliphatic carbocycles. The summed E-state index contributed by atoms with van der Waals surface area (Å²) in [6, 6.07) is 9.29. The van der Waals surface area contributed by atoms with E-state index in [9.17, 15) is 18.4 Å². The number of rotatable bonds is 5. The first-order valence-corrected chi connectivity index (χ1v) is 9.77. The van der Waals surface area contributed by atoms with Crippen LogP contribution in [0.25, 0.3) is 0 Å². The largest absolute Gasteiger partial charge is 0.497 e. The fraction of sp³-hybridized carbons (Fsp3) is 0.318. The lowest BCUT2D eigenvalue weighted by atomic mass is 9.92. The number of methoxy groups -OCH3 is 1. The van der Waals surface area contributed by atoms with E-state index in [-0.39, 0.29) is 17.9 Å². The van der Waals surface area contributed by atoms with Gasteiger partial charge in [0.25, 0.3) is 0 Å². The van der Waals surface area contributed by atoms with Gasteiger partial charge in [0.1, 0.15) is 23.4 Å². The Labute approximate surface area is 177 Å². The maximum atomic E-state index is 14.5. The topological polar surface area (TPSA) is 103 Å². The Morgan fingerprint density at radius 3 is 2.42 bits per heavy atom. The normalized spacial score (nSPS) is 21.0. The molecule has 160 valence electrons. The molecule has 7 nitrogen and oxygen atoms in total. The van der Waals surface area contributed by atoms with Gasteiger partial charge in [-0.05, 0) is 30.5 Å². The molecule has 0 unspecified atom stereocenters. The number of benzene rings is 2. The summed E-state index contributed by atoms with van der Waals surface area (Å²) in [4.78, 5) is 25.0. The van der Waals surface area contributed by atoms with Crippen molar-refractivity contribution in [2.45, 2.75) is 30.3 Å². The number of ether oxygens (including phenoxy) is 1. The minimum atomic E-state index is -1.13. The lowest BCUT2D eigenvalue weighted by Crippen LogP contribution is -2.50. The summed E-state index contributed by atoms with van der Waals surface area (Å²) in [5.74, 6) is -3.09. The molecule has 4 rings (SSSR count). The Morgan fingerprint density at radius 1 is 1.23 bits per heavy atom. The van der Waals surface area contributed by atoms with Crippen LogP contribution in [0.15, 0.2) is 36.4 Å². The van der Waals surface area contributed by atoms with E-state index in [0.29, 0.717) is 18.4 Å². The number of hydrogen-bond donors (Lipinski definition) is 3. The summed E-state index contributed by atoms with van der Waals surface area (Å²) < 4.78 is 33.9. The molecule has 31 heavy (non-hydrogen) atoms. The van der Waals surface area contributed by atoms with Gasteiger partial charge in [0, 0.05) is 30.2 Å². The van der Waals surface area contributed by atoms with E-state index in [2.05, 4.69) is 16.0 Å². The zero-order valence-corrected chi connectivity index (χ0v) is 16.7. The van der Waals surface area contributed by atoms with Gasteiger partial charge in [0.05, 0.1) is 24.3 Å². The Morgan fingerprint density at radius 2 is 1.87 bits per heavy atom. The molecular weight excluding hydrogens is 406 g/mol. The van der Waals surface area contributed by atoms with Crippen LogP contribution < -0.4 is 20.7 Å². The van der Waals surface area contributed by atoms with Crippen LogP contribution in [-0.4, -0.2) is 31.6 Å². The third-order valence-electron chi connectivity index (χ3n) is 5.80. The first kappa shape index (κ1) is 20.6. The van der Waals surface area contributed by atoms with Crippen LogP contribution in [0.3, 0.4) is 0 Å². The second-order valence-corrected chi connectivity index (χ2v) is 7.70. The minimum Gasteiger partial charge on any atom is -0.497 e. The first-order chi connectivity index (χ1) is 14.9. The molecule has 0 bridgehead atoms. The maximum absolute atomic E-state index is 14.5. The van der Waals surface area contributed by atoms with Crippen LogP contribution in [-0.2, 0) is 10.3 Å². The highest BCUT2D eigenvalue weighted by Crippen LogP contribution is 2.45. The van der Waals surface area contributed by atoms with Gasteiger partial charge in [-0.3, -0.25) is 4.79 Å². The van der Waals surface area contributed by atoms with E-state index in [1.165, 1.54) is 7.11 Å². The second-order valence-electron chi connectivity index (χ2n) is 7.70. The van der Waals surface area contributed by atoms with Crippen molar-refractivity contribution < 1.29 is 23.1 Å². The molecule has 9 heteroatoms. The predicted molar refractivity (Wildman–Crippen MR) is 106 cm³/mol. The fourth-order valence-corrected chi connectivity index (χ4v) is 3.96. The van der Waals surface area contributed by atoms with E-state index in [0.717, 1.165) is 17.7 Å². The van der Waals surface area contributed by atoms with Gasteiger partial charge < -0.3 is 20.7 Å². The van der Waals surface area contributed by atoms with E-state index in [4.69, 9.17) is 10.00 Å². The van der Waals surface area contributed by atoms with Gasteiger partial charge in [0.15, 0.2) is 0 Å². The van der Waals surface area contributed by atoms with Gasteiger partial charge in [0.2, 0.25) is 5.91 Å². The number of nitrogens with one attached hydrogen (secondary N) is 3. The number of nitrogens with zero attached hydrogens (tertiary/aromatic N) is 1. The number of urea groups is 1. The molecule has 1 saturated heterocycles. The molecule has 0 aromatic heterocycles. The predicted octanol–water partition coefficient (Wildman–Crippen LogP) is 2.42. The van der Waals surface area contributed by atoms with E-state index in [1.54, 1.807) is 24.3 Å². The zero-order valence-electron chi connectivity index (χ0n) is 16.7. The molecule has 1 heterocycles. The highest BCUT2D eigenvalue weighted by Gasteiger charge is 2.47. The monoisotopic (exact) mass is 426 g/mol. The first-order valence-electron chi connectivity index (χ1n) is 9.77. The van der Waals surface area contributed by atoms with Gasteiger partial charge in [-0.25, -0.2) is 13.6 Å². The number of hydrogen-bond acceptors (Lipinski definition) is 4. The van der Waals surface area contributed by atoms with Crippen molar-refractivity contribution in [2.24, 2.45) is 0 Å². The van der Waals surface area contributed by atoms with Gasteiger partial charge in [-0.1, -0.05) is 12.1 Å². The molecule has 3 N–H and O–H groups in total. The molecule has 2 fully saturated rings. The molecule has 3 amide bonds. The lowest BCUT2D eigenvalue weighted by Gasteiger charge is -2.23. The minimum absolute atomic E-state index is 0.00921. The smallest absolute Gasteiger partial charge is 0.316 e. The van der Waals surface area contributed by atoms with Crippen LogP contribution in [0.5, 0.6) is 5.75 Å². The van der Waals surface area contributed by atoms with Crippen molar-refractivity contribution in [1.29, 1.82) is 5.26 Å². The third kappa shape index (κ3) is 3.89. The Hall–Kier alpha value is -3.67. The summed E-state index contributed by atoms with van der Waals surface area (Å²) in [5.41, 5.74) is 0.496. The van der Waals surface area contributed by atoms with Crippen LogP contribution in [0.2, 0.25) is 0 Å². The molecular formula is C22H20F2N4O3. The molecule has 2 aromatic rings. The number of halogens is 2. The van der Waals surface area contributed by atoms with Crippen LogP contribution in [0.4, 0.5) is 13.6 Å². The SMILES string of the molecule is COc1cc(F)c([C@@H]2CNC(=O)[C@H]2NC(=O)NC2(c3ccc(C#N)cc3)CC2)c(F)c1. The van der Waals surface area contributed by atoms with Crippen LogP contribution >= 0.6 is 0 Å². The summed E-state index contributed by atoms with van der Waals surface area (Å²) in [5, 5.41) is 16.9. The van der Waals surface area contributed by atoms with E-state index < -0.39 is 41.1 Å². The highest BCUT2D eigenvalue weighted by molar-refractivity contribution is 5.90. The van der Waals surface area contributed by atoms with E-state index >= 15 is 0 Å². The molecule has 2 atom stereocenters. The molecule has 2 aromatic carbocycles. The highest BCUT2D eigenvalue weighted by atomic mass is 19.1. The van der Waals surface area contributed by atoms with Crippen molar-refractivity contribution in [3.05, 3.63) is 64.7 Å². The average Bonchev–Trinajstić information content (AvgIpc) is 3.46. The summed E-state index contributed by atoms with van der Waals surface area (Å²) in [7, 11) is 1.30. The molecule has 1 aliphatic heterocycles. The summed E-state index contributed by atoms with van der Waals surface area (Å²) in [6.07, 6.45) is 1.41. The Bertz CT molecular complexity index is 1050. The molecule has 1 saturated carbocycles. The third-order valence-corrected chi connectivity index (χ3v) is 5.80. The number of nitriles is 1. The maximum Gasteiger partial charge on any atom is 0.316 e. The van der Waals surface area contributed by atoms with Gasteiger partial charge in [-0.2, -0.15) is 5.26 Å². The van der Waals surface area contributed by atoms with Gasteiger partial charge >= 0.3 is 6.03 Å². The number of carbonyl (C=O) groups is 2. The zero-order chi connectivity index (χ0) is 22.2. The van der Waals surface area contributed by atoms with Crippen molar-refractivity contribution in [3.63, 3.8) is 0 Å². The van der Waals surface area contributed by atoms with Crippen molar-refractivity contribution in [1.82, 2.24) is 16.0 Å². The van der Waals surface area contributed by atoms with Crippen molar-refractivity contribution in [2.75, 3.05) is 13.7 Å². The Balaban J connectivity index is 1.51. The standard InChI is InChI=1S/C22H20F2N4O3/c1-31-14-8-16(23)18(17(24)9-14)15-11-26-20(29)19(15)27-21(30)28-22(6-7-22)13-4-2-12(10-25)3-5-13/h2-5,8-9,15,19H,6-7,11H2,1H3,(H,26,29)(H2,27,28,30)/t15-,19-/m0/s1. The molecule has 0 radical (unpaired) electrons. The second kappa shape index (κ2) is 7.87.